The zero-order valence-electron chi connectivity index (χ0n) is 15.1. The number of carbonyl (C=O) groups is 2. The Morgan fingerprint density at radius 3 is 2.54 bits per heavy atom. The number of piperidine rings is 1. The topological polar surface area (TPSA) is 95.6 Å². The Hall–Kier alpha value is -1.93. The zero-order chi connectivity index (χ0) is 18.9. The summed E-state index contributed by atoms with van der Waals surface area (Å²) in [6, 6.07) is 3.74. The first-order valence-electron chi connectivity index (χ1n) is 9.02. The Morgan fingerprint density at radius 2 is 1.88 bits per heavy atom. The van der Waals surface area contributed by atoms with Crippen molar-refractivity contribution < 1.29 is 18.0 Å². The minimum Gasteiger partial charge on any atom is -0.341 e. The molecule has 2 amide bonds. The van der Waals surface area contributed by atoms with Gasteiger partial charge in [-0.15, -0.1) is 0 Å². The molecular weight excluding hydrogens is 354 g/mol. The number of hydrogen-bond acceptors (Lipinski definition) is 4. The third kappa shape index (κ3) is 3.91. The van der Waals surface area contributed by atoms with E-state index in [1.165, 1.54) is 12.1 Å². The molecule has 0 unspecified atom stereocenters. The highest BCUT2D eigenvalue weighted by Crippen LogP contribution is 2.26. The van der Waals surface area contributed by atoms with Gasteiger partial charge in [-0.05, 0) is 48.9 Å². The molecule has 0 aliphatic carbocycles. The molecule has 1 saturated heterocycles. The third-order valence-electron chi connectivity index (χ3n) is 4.89. The number of likely N-dealkylation sites (tertiary alicyclic amines) is 1. The van der Waals surface area contributed by atoms with Crippen molar-refractivity contribution >= 4 is 27.5 Å². The molecule has 2 N–H and O–H groups in total. The Labute approximate surface area is 154 Å². The van der Waals surface area contributed by atoms with Crippen molar-refractivity contribution in [1.29, 1.82) is 0 Å². The van der Waals surface area contributed by atoms with Crippen molar-refractivity contribution in [3.63, 3.8) is 0 Å². The summed E-state index contributed by atoms with van der Waals surface area (Å²) in [4.78, 5) is 26.1. The molecule has 0 bridgehead atoms. The van der Waals surface area contributed by atoms with Crippen LogP contribution in [-0.4, -0.2) is 44.3 Å². The molecule has 2 aliphatic heterocycles. The number of anilines is 1. The molecule has 3 rings (SSSR count). The summed E-state index contributed by atoms with van der Waals surface area (Å²) in [6.45, 7) is 5.02. The van der Waals surface area contributed by atoms with Crippen LogP contribution < -0.4 is 10.0 Å². The van der Waals surface area contributed by atoms with Crippen molar-refractivity contribution in [2.24, 2.45) is 5.92 Å². The van der Waals surface area contributed by atoms with E-state index in [0.29, 0.717) is 24.3 Å². The number of nitrogens with zero attached hydrogens (tertiary/aromatic N) is 1. The number of rotatable bonds is 5. The molecule has 2 aliphatic rings. The molecule has 0 spiro atoms. The second-order valence-corrected chi connectivity index (χ2v) is 8.99. The van der Waals surface area contributed by atoms with Crippen molar-refractivity contribution in [3.05, 3.63) is 23.8 Å². The quantitative estimate of drug-likeness (QED) is 0.810. The van der Waals surface area contributed by atoms with Crippen LogP contribution in [0.2, 0.25) is 0 Å². The van der Waals surface area contributed by atoms with Crippen LogP contribution in [0.25, 0.3) is 0 Å². The average Bonchev–Trinajstić information content (AvgIpc) is 2.99. The van der Waals surface area contributed by atoms with Gasteiger partial charge in [0.15, 0.2) is 0 Å². The van der Waals surface area contributed by atoms with E-state index in [-0.39, 0.29) is 29.0 Å². The largest absolute Gasteiger partial charge is 0.341 e. The minimum atomic E-state index is -3.86. The molecule has 1 fully saturated rings. The van der Waals surface area contributed by atoms with E-state index in [1.54, 1.807) is 11.0 Å². The second kappa shape index (κ2) is 7.36. The van der Waals surface area contributed by atoms with E-state index >= 15 is 0 Å². The van der Waals surface area contributed by atoms with Crippen LogP contribution in [0.3, 0.4) is 0 Å². The van der Waals surface area contributed by atoms with Gasteiger partial charge in [-0.3, -0.25) is 9.59 Å². The van der Waals surface area contributed by atoms with Crippen LogP contribution in [0.1, 0.15) is 38.7 Å². The lowest BCUT2D eigenvalue weighted by Crippen LogP contribution is -2.52. The van der Waals surface area contributed by atoms with Crippen molar-refractivity contribution in [2.75, 3.05) is 18.4 Å². The fourth-order valence-corrected chi connectivity index (χ4v) is 4.78. The van der Waals surface area contributed by atoms with Gasteiger partial charge in [0.25, 0.3) is 0 Å². The molecule has 2 heterocycles. The smallest absolute Gasteiger partial charge is 0.241 e. The number of carbonyl (C=O) groups excluding carboxylic acids is 2. The maximum Gasteiger partial charge on any atom is 0.241 e. The van der Waals surface area contributed by atoms with Crippen LogP contribution >= 0.6 is 0 Å². The first-order valence-corrected chi connectivity index (χ1v) is 10.5. The van der Waals surface area contributed by atoms with Crippen molar-refractivity contribution in [3.8, 4) is 0 Å². The molecule has 1 atom stereocenters. The highest BCUT2D eigenvalue weighted by Gasteiger charge is 2.32. The summed E-state index contributed by atoms with van der Waals surface area (Å²) >= 11 is 0. The molecule has 8 heteroatoms. The molecule has 26 heavy (non-hydrogen) atoms. The summed E-state index contributed by atoms with van der Waals surface area (Å²) in [7, 11) is -3.86. The maximum atomic E-state index is 12.8. The lowest BCUT2D eigenvalue weighted by atomic mass is 10.0. The molecular formula is C18H25N3O4S. The summed E-state index contributed by atoms with van der Waals surface area (Å²) in [5, 5.41) is 2.68. The number of hydrogen-bond donors (Lipinski definition) is 2. The lowest BCUT2D eigenvalue weighted by Gasteiger charge is -2.32. The summed E-state index contributed by atoms with van der Waals surface area (Å²) in [5.74, 6) is -0.485. The number of fused-ring (bicyclic) bond motifs is 1. The molecule has 0 aromatic heterocycles. The summed E-state index contributed by atoms with van der Waals surface area (Å²) in [5.41, 5.74) is 1.29. The zero-order valence-corrected chi connectivity index (χ0v) is 15.9. The minimum absolute atomic E-state index is 0.0739. The number of benzene rings is 1. The van der Waals surface area contributed by atoms with Gasteiger partial charge in [-0.2, -0.15) is 4.72 Å². The predicted molar refractivity (Wildman–Crippen MR) is 98.2 cm³/mol. The number of sulfonamides is 1. The summed E-state index contributed by atoms with van der Waals surface area (Å²) < 4.78 is 28.2. The van der Waals surface area contributed by atoms with E-state index in [2.05, 4.69) is 10.0 Å². The first-order chi connectivity index (χ1) is 12.3. The van der Waals surface area contributed by atoms with Gasteiger partial charge in [0.05, 0.1) is 11.3 Å². The van der Waals surface area contributed by atoms with Crippen molar-refractivity contribution in [1.82, 2.24) is 9.62 Å². The predicted octanol–water partition coefficient (Wildman–Crippen LogP) is 1.50. The molecule has 0 radical (unpaired) electrons. The highest BCUT2D eigenvalue weighted by molar-refractivity contribution is 7.89. The third-order valence-corrected chi connectivity index (χ3v) is 6.33. The Kier molecular flexibility index (Phi) is 5.34. The van der Waals surface area contributed by atoms with E-state index in [0.717, 1.165) is 19.3 Å². The Balaban J connectivity index is 1.81. The van der Waals surface area contributed by atoms with Crippen LogP contribution in [0, 0.1) is 5.92 Å². The Morgan fingerprint density at radius 1 is 1.19 bits per heavy atom. The van der Waals surface area contributed by atoms with E-state index in [4.69, 9.17) is 0 Å². The van der Waals surface area contributed by atoms with Gasteiger partial charge in [0.1, 0.15) is 6.04 Å². The molecule has 1 aromatic carbocycles. The van der Waals surface area contributed by atoms with Gasteiger partial charge < -0.3 is 10.2 Å². The van der Waals surface area contributed by atoms with Crippen LogP contribution in [-0.2, 0) is 26.0 Å². The maximum absolute atomic E-state index is 12.8. The summed E-state index contributed by atoms with van der Waals surface area (Å²) in [6.07, 6.45) is 3.17. The monoisotopic (exact) mass is 379 g/mol. The second-order valence-electron chi connectivity index (χ2n) is 7.27. The van der Waals surface area contributed by atoms with Gasteiger partial charge in [-0.25, -0.2) is 8.42 Å². The van der Waals surface area contributed by atoms with Crippen LogP contribution in [0.4, 0.5) is 5.69 Å². The van der Waals surface area contributed by atoms with Gasteiger partial charge >= 0.3 is 0 Å². The Bertz CT molecular complexity index is 814. The average molecular weight is 379 g/mol. The standard InChI is InChI=1S/C18H25N3O4S/c1-12(2)17(18(23)21-8-4-3-5-9-21)20-26(24,25)14-6-7-15-13(10-14)11-16(22)19-15/h6-7,10,12,17,20H,3-5,8-9,11H2,1-2H3,(H,19,22)/t17-/m1/s1. The molecule has 142 valence electrons. The number of amides is 2. The fraction of sp³-hybridized carbons (Fsp3) is 0.556. The van der Waals surface area contributed by atoms with E-state index in [9.17, 15) is 18.0 Å². The van der Waals surface area contributed by atoms with Crippen molar-refractivity contribution in [2.45, 2.75) is 50.5 Å². The molecule has 1 aromatic rings. The molecule has 7 nitrogen and oxygen atoms in total. The first kappa shape index (κ1) is 18.8. The number of nitrogens with one attached hydrogen (secondary N) is 2. The van der Waals surface area contributed by atoms with Gasteiger partial charge in [0, 0.05) is 18.8 Å². The highest BCUT2D eigenvalue weighted by atomic mass is 32.2. The fourth-order valence-electron chi connectivity index (χ4n) is 3.39. The van der Waals surface area contributed by atoms with Crippen LogP contribution in [0.5, 0.6) is 0 Å². The van der Waals surface area contributed by atoms with E-state index < -0.39 is 16.1 Å². The lowest BCUT2D eigenvalue weighted by molar-refractivity contribution is -0.134. The SMILES string of the molecule is CC(C)[C@@H](NS(=O)(=O)c1ccc2c(c1)CC(=O)N2)C(=O)N1CCCCC1. The van der Waals surface area contributed by atoms with Crippen LogP contribution in [0.15, 0.2) is 23.1 Å². The van der Waals surface area contributed by atoms with Gasteiger partial charge in [0.2, 0.25) is 21.8 Å². The normalized spacial score (nSPS) is 18.6. The molecule has 0 saturated carbocycles. The van der Waals surface area contributed by atoms with Gasteiger partial charge in [-0.1, -0.05) is 13.8 Å². The van der Waals surface area contributed by atoms with E-state index in [1.807, 2.05) is 13.8 Å².